The van der Waals surface area contributed by atoms with Crippen LogP contribution < -0.4 is 10.2 Å². The molecular formula is C19H16FN3OS. The van der Waals surface area contributed by atoms with Crippen molar-refractivity contribution in [3.8, 4) is 17.0 Å². The molecule has 126 valence electrons. The van der Waals surface area contributed by atoms with Gasteiger partial charge in [0, 0.05) is 16.5 Å². The number of anilines is 1. The quantitative estimate of drug-likeness (QED) is 0.545. The van der Waals surface area contributed by atoms with Crippen molar-refractivity contribution in [2.45, 2.75) is 12.8 Å². The third-order valence-electron chi connectivity index (χ3n) is 3.93. The highest BCUT2D eigenvalue weighted by Gasteiger charge is 2.15. The van der Waals surface area contributed by atoms with E-state index in [-0.39, 0.29) is 5.82 Å². The first kappa shape index (κ1) is 15.8. The Morgan fingerprint density at radius 2 is 2.12 bits per heavy atom. The van der Waals surface area contributed by atoms with Crippen molar-refractivity contribution in [2.75, 3.05) is 12.0 Å². The molecule has 0 fully saturated rings. The first-order valence-corrected chi connectivity index (χ1v) is 8.93. The number of hydrazone groups is 1. The van der Waals surface area contributed by atoms with E-state index in [1.54, 1.807) is 6.21 Å². The van der Waals surface area contributed by atoms with E-state index < -0.39 is 0 Å². The minimum Gasteiger partial charge on any atom is -0.493 e. The summed E-state index contributed by atoms with van der Waals surface area (Å²) >= 11 is 1.47. The highest BCUT2D eigenvalue weighted by Crippen LogP contribution is 2.29. The van der Waals surface area contributed by atoms with E-state index in [4.69, 9.17) is 4.74 Å². The lowest BCUT2D eigenvalue weighted by molar-refractivity contribution is 0.287. The van der Waals surface area contributed by atoms with Crippen LogP contribution in [0.15, 0.2) is 52.9 Å². The number of nitrogens with zero attached hydrogens (tertiary/aromatic N) is 2. The molecule has 1 aliphatic rings. The lowest BCUT2D eigenvalue weighted by Gasteiger charge is -2.19. The van der Waals surface area contributed by atoms with E-state index in [9.17, 15) is 4.39 Å². The molecule has 0 spiro atoms. The van der Waals surface area contributed by atoms with Gasteiger partial charge in [0.05, 0.1) is 18.5 Å². The van der Waals surface area contributed by atoms with Gasteiger partial charge in [-0.25, -0.2) is 9.37 Å². The Morgan fingerprint density at radius 1 is 1.24 bits per heavy atom. The molecule has 1 N–H and O–H groups in total. The Morgan fingerprint density at radius 3 is 3.00 bits per heavy atom. The Labute approximate surface area is 149 Å². The van der Waals surface area contributed by atoms with Crippen LogP contribution in [-0.2, 0) is 6.42 Å². The molecule has 1 aromatic heterocycles. The normalized spacial score (nSPS) is 13.5. The lowest BCUT2D eigenvalue weighted by Crippen LogP contribution is -2.11. The smallest absolute Gasteiger partial charge is 0.203 e. The van der Waals surface area contributed by atoms with Crippen molar-refractivity contribution < 1.29 is 9.13 Å². The number of thiazole rings is 1. The summed E-state index contributed by atoms with van der Waals surface area (Å²) in [6.45, 7) is 0.653. The number of aryl methyl sites for hydroxylation is 1. The first-order chi connectivity index (χ1) is 12.3. The molecule has 0 saturated heterocycles. The zero-order valence-corrected chi connectivity index (χ0v) is 14.2. The van der Waals surface area contributed by atoms with Gasteiger partial charge in [0.2, 0.25) is 5.13 Å². The van der Waals surface area contributed by atoms with Crippen LogP contribution in [0.5, 0.6) is 5.75 Å². The zero-order valence-electron chi connectivity index (χ0n) is 13.4. The van der Waals surface area contributed by atoms with E-state index >= 15 is 0 Å². The van der Waals surface area contributed by atoms with Gasteiger partial charge in [-0.15, -0.1) is 11.3 Å². The van der Waals surface area contributed by atoms with Crippen molar-refractivity contribution in [2.24, 2.45) is 5.10 Å². The molecule has 4 nitrogen and oxygen atoms in total. The summed E-state index contributed by atoms with van der Waals surface area (Å²) in [5, 5.41) is 6.85. The van der Waals surface area contributed by atoms with Crippen molar-refractivity contribution >= 4 is 22.7 Å². The number of ether oxygens (including phenoxy) is 1. The summed E-state index contributed by atoms with van der Waals surface area (Å²) < 4.78 is 19.4. The third-order valence-corrected chi connectivity index (χ3v) is 4.68. The Kier molecular flexibility index (Phi) is 4.43. The zero-order chi connectivity index (χ0) is 17.1. The van der Waals surface area contributed by atoms with Crippen LogP contribution in [0.25, 0.3) is 11.3 Å². The SMILES string of the molecule is Fc1cc(C=NNc2nc(-c3ccccc3)cs2)c2c(c1)CCCO2. The van der Waals surface area contributed by atoms with E-state index in [1.807, 2.05) is 35.7 Å². The van der Waals surface area contributed by atoms with E-state index in [2.05, 4.69) is 15.5 Å². The highest BCUT2D eigenvalue weighted by atomic mass is 32.1. The van der Waals surface area contributed by atoms with Gasteiger partial charge in [0.1, 0.15) is 11.6 Å². The molecule has 0 radical (unpaired) electrons. The largest absolute Gasteiger partial charge is 0.493 e. The van der Waals surface area contributed by atoms with Gasteiger partial charge >= 0.3 is 0 Å². The second-order valence-electron chi connectivity index (χ2n) is 5.71. The first-order valence-electron chi connectivity index (χ1n) is 8.05. The van der Waals surface area contributed by atoms with Crippen molar-refractivity contribution in [1.29, 1.82) is 0 Å². The van der Waals surface area contributed by atoms with Crippen LogP contribution in [-0.4, -0.2) is 17.8 Å². The number of halogens is 1. The number of fused-ring (bicyclic) bond motifs is 1. The topological polar surface area (TPSA) is 46.5 Å². The molecule has 2 heterocycles. The van der Waals surface area contributed by atoms with Gasteiger partial charge in [-0.3, -0.25) is 5.43 Å². The van der Waals surface area contributed by atoms with Gasteiger partial charge in [0.15, 0.2) is 0 Å². The summed E-state index contributed by atoms with van der Waals surface area (Å²) in [4.78, 5) is 4.51. The molecule has 0 saturated carbocycles. The molecule has 4 rings (SSSR count). The average Bonchev–Trinajstić information content (AvgIpc) is 3.11. The molecule has 0 aliphatic carbocycles. The summed E-state index contributed by atoms with van der Waals surface area (Å²) in [7, 11) is 0. The molecule has 0 bridgehead atoms. The van der Waals surface area contributed by atoms with E-state index in [0.29, 0.717) is 17.3 Å². The van der Waals surface area contributed by atoms with Crippen molar-refractivity contribution in [1.82, 2.24) is 4.98 Å². The Hall–Kier alpha value is -2.73. The number of nitrogens with one attached hydrogen (secondary N) is 1. The fourth-order valence-electron chi connectivity index (χ4n) is 2.79. The molecular weight excluding hydrogens is 337 g/mol. The Balaban J connectivity index is 1.51. The third kappa shape index (κ3) is 3.53. The summed E-state index contributed by atoms with van der Waals surface area (Å²) in [6, 6.07) is 12.9. The predicted octanol–water partition coefficient (Wildman–Crippen LogP) is 4.72. The minimum absolute atomic E-state index is 0.272. The average molecular weight is 353 g/mol. The monoisotopic (exact) mass is 353 g/mol. The highest BCUT2D eigenvalue weighted by molar-refractivity contribution is 7.14. The van der Waals surface area contributed by atoms with E-state index in [0.717, 1.165) is 35.4 Å². The number of hydrogen-bond acceptors (Lipinski definition) is 5. The molecule has 25 heavy (non-hydrogen) atoms. The van der Waals surface area contributed by atoms with Crippen molar-refractivity contribution in [3.63, 3.8) is 0 Å². The number of rotatable bonds is 4. The number of benzene rings is 2. The standard InChI is InChI=1S/C19H16FN3OS/c20-16-9-14-7-4-8-24-18(14)15(10-16)11-21-23-19-22-17(12-25-19)13-5-2-1-3-6-13/h1-3,5-6,9-12H,4,7-8H2,(H,22,23). The van der Waals surface area contributed by atoms with Crippen LogP contribution in [0.4, 0.5) is 9.52 Å². The summed E-state index contributed by atoms with van der Waals surface area (Å²) in [6.07, 6.45) is 3.32. The maximum Gasteiger partial charge on any atom is 0.203 e. The lowest BCUT2D eigenvalue weighted by atomic mass is 10.0. The molecule has 6 heteroatoms. The number of aromatic nitrogens is 1. The number of hydrogen-bond donors (Lipinski definition) is 1. The molecule has 2 aromatic carbocycles. The molecule has 0 unspecified atom stereocenters. The fourth-order valence-corrected chi connectivity index (χ4v) is 3.46. The van der Waals surface area contributed by atoms with Crippen LogP contribution in [0.1, 0.15) is 17.5 Å². The molecule has 3 aromatic rings. The van der Waals surface area contributed by atoms with Gasteiger partial charge in [-0.2, -0.15) is 5.10 Å². The second-order valence-corrected chi connectivity index (χ2v) is 6.57. The van der Waals surface area contributed by atoms with E-state index in [1.165, 1.54) is 23.5 Å². The van der Waals surface area contributed by atoms with Crippen LogP contribution in [0, 0.1) is 5.82 Å². The maximum atomic E-state index is 13.7. The maximum absolute atomic E-state index is 13.7. The predicted molar refractivity (Wildman–Crippen MR) is 99.0 cm³/mol. The molecule has 0 amide bonds. The van der Waals surface area contributed by atoms with Crippen LogP contribution in [0.3, 0.4) is 0 Å². The fraction of sp³-hybridized carbons (Fsp3) is 0.158. The minimum atomic E-state index is -0.272. The molecule has 1 aliphatic heterocycles. The van der Waals surface area contributed by atoms with Gasteiger partial charge in [-0.1, -0.05) is 30.3 Å². The van der Waals surface area contributed by atoms with Gasteiger partial charge in [0.25, 0.3) is 0 Å². The van der Waals surface area contributed by atoms with Crippen LogP contribution in [0.2, 0.25) is 0 Å². The Bertz CT molecular complexity index is 908. The summed E-state index contributed by atoms with van der Waals surface area (Å²) in [5.74, 6) is 0.452. The second kappa shape index (κ2) is 7.03. The van der Waals surface area contributed by atoms with Gasteiger partial charge in [-0.05, 0) is 30.5 Å². The molecule has 0 atom stereocenters. The summed E-state index contributed by atoms with van der Waals surface area (Å²) in [5.41, 5.74) is 6.40. The van der Waals surface area contributed by atoms with Crippen LogP contribution >= 0.6 is 11.3 Å². The van der Waals surface area contributed by atoms with Crippen molar-refractivity contribution in [3.05, 3.63) is 64.8 Å². The van der Waals surface area contributed by atoms with Gasteiger partial charge < -0.3 is 4.74 Å².